The number of carbonyl (C=O) groups excluding carboxylic acids is 1. The predicted octanol–water partition coefficient (Wildman–Crippen LogP) is 4.09. The van der Waals surface area contributed by atoms with Gasteiger partial charge in [0, 0.05) is 16.4 Å². The molecule has 1 N–H and O–H groups in total. The number of amides is 1. The first-order valence-corrected chi connectivity index (χ1v) is 9.86. The minimum Gasteiger partial charge on any atom is -0.350 e. The van der Waals surface area contributed by atoms with Crippen molar-refractivity contribution in [2.75, 3.05) is 0 Å². The lowest BCUT2D eigenvalue weighted by Gasteiger charge is -2.08. The van der Waals surface area contributed by atoms with Gasteiger partial charge in [0.25, 0.3) is 5.56 Å². The molecule has 0 unspecified atom stereocenters. The summed E-state index contributed by atoms with van der Waals surface area (Å²) in [4.78, 5) is 30.4. The normalized spacial score (nSPS) is 10.9. The molecule has 0 aliphatic carbocycles. The highest BCUT2D eigenvalue weighted by atomic mass is 35.5. The molecule has 0 saturated heterocycles. The number of aromatic nitrogens is 2. The SMILES string of the molecule is O=C(Cn1cnc2cc(-c3ccccc3)sc2c1=O)NCc1ccccc1Cl. The maximum absolute atomic E-state index is 12.8. The Kier molecular flexibility index (Phi) is 5.23. The van der Waals surface area contributed by atoms with Gasteiger partial charge in [0.05, 0.1) is 11.8 Å². The molecular formula is C21H16ClN3O2S. The quantitative estimate of drug-likeness (QED) is 0.539. The van der Waals surface area contributed by atoms with Crippen molar-refractivity contribution in [2.24, 2.45) is 0 Å². The van der Waals surface area contributed by atoms with Crippen molar-refractivity contribution in [3.63, 3.8) is 0 Å². The molecule has 0 aliphatic heterocycles. The molecule has 5 nitrogen and oxygen atoms in total. The van der Waals surface area contributed by atoms with Crippen molar-refractivity contribution in [1.29, 1.82) is 0 Å². The Hall–Kier alpha value is -2.96. The summed E-state index contributed by atoms with van der Waals surface area (Å²) in [5.41, 5.74) is 2.28. The molecule has 28 heavy (non-hydrogen) atoms. The number of benzene rings is 2. The largest absolute Gasteiger partial charge is 0.350 e. The first kappa shape index (κ1) is 18.4. The minimum atomic E-state index is -0.275. The highest BCUT2D eigenvalue weighted by Crippen LogP contribution is 2.30. The zero-order valence-electron chi connectivity index (χ0n) is 14.8. The van der Waals surface area contributed by atoms with Gasteiger partial charge in [0.1, 0.15) is 11.2 Å². The van der Waals surface area contributed by atoms with Crippen molar-refractivity contribution >= 4 is 39.1 Å². The second-order valence-electron chi connectivity index (χ2n) is 6.24. The molecule has 7 heteroatoms. The highest BCUT2D eigenvalue weighted by Gasteiger charge is 2.12. The van der Waals surface area contributed by atoms with Crippen molar-refractivity contribution in [3.05, 3.63) is 87.9 Å². The van der Waals surface area contributed by atoms with E-state index in [1.807, 2.05) is 54.6 Å². The van der Waals surface area contributed by atoms with Crippen molar-refractivity contribution < 1.29 is 4.79 Å². The van der Waals surface area contributed by atoms with Crippen LogP contribution in [0.3, 0.4) is 0 Å². The molecule has 2 aromatic carbocycles. The lowest BCUT2D eigenvalue weighted by molar-refractivity contribution is -0.121. The van der Waals surface area contributed by atoms with Crippen LogP contribution < -0.4 is 10.9 Å². The molecule has 2 aromatic heterocycles. The average Bonchev–Trinajstić information content (AvgIpc) is 3.15. The van der Waals surface area contributed by atoms with Gasteiger partial charge >= 0.3 is 0 Å². The molecule has 0 saturated carbocycles. The van der Waals surface area contributed by atoms with Crippen LogP contribution in [0.4, 0.5) is 0 Å². The van der Waals surface area contributed by atoms with Crippen LogP contribution in [0, 0.1) is 0 Å². The molecule has 0 spiro atoms. The number of nitrogens with zero attached hydrogens (tertiary/aromatic N) is 2. The Morgan fingerprint density at radius 1 is 1.11 bits per heavy atom. The molecule has 0 radical (unpaired) electrons. The van der Waals surface area contributed by atoms with Gasteiger partial charge in [0.15, 0.2) is 0 Å². The highest BCUT2D eigenvalue weighted by molar-refractivity contribution is 7.22. The lowest BCUT2D eigenvalue weighted by Crippen LogP contribution is -2.32. The van der Waals surface area contributed by atoms with Gasteiger partial charge in [-0.2, -0.15) is 0 Å². The van der Waals surface area contributed by atoms with Crippen LogP contribution in [-0.4, -0.2) is 15.5 Å². The van der Waals surface area contributed by atoms with Gasteiger partial charge in [-0.05, 0) is 23.3 Å². The molecule has 0 bridgehead atoms. The van der Waals surface area contributed by atoms with Crippen molar-refractivity contribution in [3.8, 4) is 10.4 Å². The van der Waals surface area contributed by atoms with E-state index in [2.05, 4.69) is 10.3 Å². The summed E-state index contributed by atoms with van der Waals surface area (Å²) in [6, 6.07) is 19.0. The van der Waals surface area contributed by atoms with Gasteiger partial charge in [-0.25, -0.2) is 4.98 Å². The van der Waals surface area contributed by atoms with E-state index in [1.54, 1.807) is 6.07 Å². The molecule has 0 fully saturated rings. The van der Waals surface area contributed by atoms with Crippen LogP contribution in [0.2, 0.25) is 5.02 Å². The Labute approximate surface area is 170 Å². The van der Waals surface area contributed by atoms with Gasteiger partial charge in [-0.15, -0.1) is 11.3 Å². The number of thiophene rings is 1. The Morgan fingerprint density at radius 3 is 2.64 bits per heavy atom. The van der Waals surface area contributed by atoms with E-state index in [-0.39, 0.29) is 18.0 Å². The number of carbonyl (C=O) groups is 1. The monoisotopic (exact) mass is 409 g/mol. The van der Waals surface area contributed by atoms with Gasteiger partial charge < -0.3 is 5.32 Å². The maximum Gasteiger partial charge on any atom is 0.271 e. The Morgan fingerprint density at radius 2 is 1.86 bits per heavy atom. The first-order chi connectivity index (χ1) is 13.6. The van der Waals surface area contributed by atoms with E-state index in [4.69, 9.17) is 11.6 Å². The van der Waals surface area contributed by atoms with Gasteiger partial charge in [-0.3, -0.25) is 14.2 Å². The van der Waals surface area contributed by atoms with Crippen LogP contribution in [-0.2, 0) is 17.9 Å². The number of fused-ring (bicyclic) bond motifs is 1. The summed E-state index contributed by atoms with van der Waals surface area (Å²) >= 11 is 7.48. The number of rotatable bonds is 5. The second kappa shape index (κ2) is 7.96. The maximum atomic E-state index is 12.8. The fourth-order valence-electron chi connectivity index (χ4n) is 2.85. The smallest absolute Gasteiger partial charge is 0.271 e. The summed E-state index contributed by atoms with van der Waals surface area (Å²) in [5.74, 6) is -0.275. The zero-order valence-corrected chi connectivity index (χ0v) is 16.3. The van der Waals surface area contributed by atoms with E-state index < -0.39 is 0 Å². The fraction of sp³-hybridized carbons (Fsp3) is 0.0952. The number of hydrogen-bond donors (Lipinski definition) is 1. The summed E-state index contributed by atoms with van der Waals surface area (Å²) in [6.45, 7) is 0.213. The molecule has 0 aliphatic rings. The average molecular weight is 410 g/mol. The summed E-state index contributed by atoms with van der Waals surface area (Å²) < 4.78 is 1.87. The third-order valence-corrected chi connectivity index (χ3v) is 5.84. The van der Waals surface area contributed by atoms with Gasteiger partial charge in [-0.1, -0.05) is 60.1 Å². The van der Waals surface area contributed by atoms with E-state index >= 15 is 0 Å². The van der Waals surface area contributed by atoms with Gasteiger partial charge in [0.2, 0.25) is 5.91 Å². The Bertz CT molecular complexity index is 1200. The van der Waals surface area contributed by atoms with Crippen LogP contribution in [0.25, 0.3) is 20.7 Å². The molecule has 4 aromatic rings. The molecule has 140 valence electrons. The molecule has 1 amide bonds. The van der Waals surface area contributed by atoms with E-state index in [0.717, 1.165) is 16.0 Å². The third kappa shape index (κ3) is 3.83. The number of halogens is 1. The van der Waals surface area contributed by atoms with E-state index in [9.17, 15) is 9.59 Å². The van der Waals surface area contributed by atoms with Crippen LogP contribution in [0.5, 0.6) is 0 Å². The molecule has 0 atom stereocenters. The molecule has 4 rings (SSSR count). The van der Waals surface area contributed by atoms with E-state index in [1.165, 1.54) is 22.2 Å². The Balaban J connectivity index is 1.52. The minimum absolute atomic E-state index is 0.0925. The zero-order chi connectivity index (χ0) is 19.5. The third-order valence-electron chi connectivity index (χ3n) is 4.31. The molecule has 2 heterocycles. The number of hydrogen-bond acceptors (Lipinski definition) is 4. The fourth-order valence-corrected chi connectivity index (χ4v) is 4.12. The lowest BCUT2D eigenvalue weighted by atomic mass is 10.2. The summed E-state index contributed by atoms with van der Waals surface area (Å²) in [6.07, 6.45) is 1.42. The van der Waals surface area contributed by atoms with Crippen molar-refractivity contribution in [2.45, 2.75) is 13.1 Å². The standard InChI is InChI=1S/C21H16ClN3O2S/c22-16-9-5-4-8-15(16)11-23-19(26)12-25-13-24-17-10-18(28-20(17)21(25)27)14-6-2-1-3-7-14/h1-10,13H,11-12H2,(H,23,26). The summed E-state index contributed by atoms with van der Waals surface area (Å²) in [5, 5.41) is 3.38. The van der Waals surface area contributed by atoms with Crippen LogP contribution >= 0.6 is 22.9 Å². The molecular weight excluding hydrogens is 394 g/mol. The van der Waals surface area contributed by atoms with E-state index in [0.29, 0.717) is 21.8 Å². The van der Waals surface area contributed by atoms with Crippen LogP contribution in [0.15, 0.2) is 71.8 Å². The summed E-state index contributed by atoms with van der Waals surface area (Å²) in [7, 11) is 0. The second-order valence-corrected chi connectivity index (χ2v) is 7.70. The topological polar surface area (TPSA) is 64.0 Å². The van der Waals surface area contributed by atoms with Crippen molar-refractivity contribution in [1.82, 2.24) is 14.9 Å². The first-order valence-electron chi connectivity index (χ1n) is 8.66. The number of nitrogens with one attached hydrogen (secondary N) is 1. The predicted molar refractivity (Wildman–Crippen MR) is 113 cm³/mol. The van der Waals surface area contributed by atoms with Crippen LogP contribution in [0.1, 0.15) is 5.56 Å².